The molecule has 3 nitrogen and oxygen atoms in total. The van der Waals surface area contributed by atoms with Crippen LogP contribution in [0.4, 0.5) is 5.69 Å². The fourth-order valence-electron chi connectivity index (χ4n) is 0.887. The molecule has 0 unspecified atom stereocenters. The number of methoxy groups -OCH3 is 2. The lowest BCUT2D eigenvalue weighted by molar-refractivity contribution is 0.356. The quantitative estimate of drug-likeness (QED) is 0.646. The van der Waals surface area contributed by atoms with Gasteiger partial charge in [-0.1, -0.05) is 6.07 Å². The minimum atomic E-state index is 0.340. The summed E-state index contributed by atoms with van der Waals surface area (Å²) in [6.07, 6.45) is 0. The highest BCUT2D eigenvalue weighted by atomic mass is 16.5. The topological polar surface area (TPSA) is 42.3 Å². The summed E-state index contributed by atoms with van der Waals surface area (Å²) < 4.78 is 9.93. The Bertz CT molecular complexity index is 248. The molecule has 0 bridgehead atoms. The van der Waals surface area contributed by atoms with Crippen molar-refractivity contribution in [2.45, 2.75) is 0 Å². The molecule has 1 N–H and O–H groups in total. The summed E-state index contributed by atoms with van der Waals surface area (Å²) in [7, 11) is 3.08. The summed E-state index contributed by atoms with van der Waals surface area (Å²) in [5.74, 6) is 1.08. The van der Waals surface area contributed by atoms with Crippen LogP contribution in [0.5, 0.6) is 11.5 Å². The minimum absolute atomic E-state index is 0.340. The Morgan fingerprint density at radius 3 is 2.36 bits per heavy atom. The van der Waals surface area contributed by atoms with Crippen molar-refractivity contribution in [3.63, 3.8) is 0 Å². The molecule has 1 radical (unpaired) electrons. The van der Waals surface area contributed by atoms with E-state index in [0.717, 1.165) is 0 Å². The monoisotopic (exact) mass is 152 g/mol. The summed E-state index contributed by atoms with van der Waals surface area (Å²) in [6, 6.07) is 5.17. The molecule has 3 heteroatoms. The maximum atomic E-state index is 7.41. The number of ether oxygens (including phenoxy) is 2. The van der Waals surface area contributed by atoms with Crippen LogP contribution >= 0.6 is 0 Å². The van der Waals surface area contributed by atoms with E-state index < -0.39 is 0 Å². The molecule has 0 aliphatic carbocycles. The Hall–Kier alpha value is -1.38. The summed E-state index contributed by atoms with van der Waals surface area (Å²) in [5.41, 5.74) is 7.75. The van der Waals surface area contributed by atoms with E-state index in [4.69, 9.17) is 15.2 Å². The van der Waals surface area contributed by atoms with E-state index in [1.165, 1.54) is 7.11 Å². The maximum Gasteiger partial charge on any atom is 0.185 e. The molecule has 11 heavy (non-hydrogen) atoms. The first-order chi connectivity index (χ1) is 5.29. The second kappa shape index (κ2) is 3.14. The Kier molecular flexibility index (Phi) is 2.21. The van der Waals surface area contributed by atoms with Crippen molar-refractivity contribution in [2.75, 3.05) is 14.2 Å². The minimum Gasteiger partial charge on any atom is -0.493 e. The first-order valence-electron chi connectivity index (χ1n) is 3.22. The molecule has 0 atom stereocenters. The van der Waals surface area contributed by atoms with E-state index in [2.05, 4.69) is 0 Å². The number of benzene rings is 1. The van der Waals surface area contributed by atoms with Gasteiger partial charge in [-0.3, -0.25) is 5.73 Å². The van der Waals surface area contributed by atoms with Gasteiger partial charge >= 0.3 is 0 Å². The number of hydrogen-bond donors (Lipinski definition) is 0. The van der Waals surface area contributed by atoms with Crippen molar-refractivity contribution >= 4 is 5.69 Å². The van der Waals surface area contributed by atoms with Gasteiger partial charge < -0.3 is 9.47 Å². The highest BCUT2D eigenvalue weighted by Crippen LogP contribution is 2.32. The normalized spacial score (nSPS) is 9.27. The molecular formula is C8H10NO2. The average molecular weight is 152 g/mol. The van der Waals surface area contributed by atoms with E-state index in [0.29, 0.717) is 17.2 Å². The second-order valence-electron chi connectivity index (χ2n) is 2.04. The summed E-state index contributed by atoms with van der Waals surface area (Å²) >= 11 is 0. The van der Waals surface area contributed by atoms with Gasteiger partial charge in [-0.05, 0) is 12.1 Å². The highest BCUT2D eigenvalue weighted by Gasteiger charge is 2.05. The third-order valence-corrected chi connectivity index (χ3v) is 1.40. The van der Waals surface area contributed by atoms with Gasteiger partial charge in [0.05, 0.1) is 19.9 Å². The van der Waals surface area contributed by atoms with E-state index in [-0.39, 0.29) is 0 Å². The standard InChI is InChI=1S/C8H10NO2/c1-10-7-5-3-4-6(9)8(7)11-2/h3-5,9H,1-2H3. The molecule has 0 aromatic heterocycles. The van der Waals surface area contributed by atoms with Crippen LogP contribution in [0.1, 0.15) is 0 Å². The molecule has 1 aromatic carbocycles. The molecule has 0 aliphatic heterocycles. The van der Waals surface area contributed by atoms with Crippen molar-refractivity contribution in [3.8, 4) is 11.5 Å². The van der Waals surface area contributed by atoms with Crippen LogP contribution < -0.4 is 15.2 Å². The Morgan fingerprint density at radius 1 is 1.18 bits per heavy atom. The van der Waals surface area contributed by atoms with Gasteiger partial charge in [-0.15, -0.1) is 0 Å². The highest BCUT2D eigenvalue weighted by molar-refractivity contribution is 5.57. The zero-order valence-corrected chi connectivity index (χ0v) is 6.55. The lowest BCUT2D eigenvalue weighted by Crippen LogP contribution is -1.90. The molecule has 59 valence electrons. The molecule has 0 saturated heterocycles. The van der Waals surface area contributed by atoms with E-state index in [1.54, 1.807) is 25.3 Å². The summed E-state index contributed by atoms with van der Waals surface area (Å²) in [5, 5.41) is 0. The smallest absolute Gasteiger partial charge is 0.185 e. The molecule has 0 aliphatic rings. The van der Waals surface area contributed by atoms with Gasteiger partial charge in [-0.2, -0.15) is 0 Å². The number of nitrogens with one attached hydrogen (secondary N) is 1. The van der Waals surface area contributed by atoms with Crippen LogP contribution in [0.2, 0.25) is 0 Å². The van der Waals surface area contributed by atoms with Crippen LogP contribution in [0.25, 0.3) is 0 Å². The summed E-state index contributed by atoms with van der Waals surface area (Å²) in [6.45, 7) is 0. The van der Waals surface area contributed by atoms with Gasteiger partial charge in [0.25, 0.3) is 0 Å². The van der Waals surface area contributed by atoms with E-state index >= 15 is 0 Å². The first kappa shape index (κ1) is 7.72. The second-order valence-corrected chi connectivity index (χ2v) is 2.04. The SMILES string of the molecule is COc1cccc([NH])c1OC. The van der Waals surface area contributed by atoms with E-state index in [9.17, 15) is 0 Å². The van der Waals surface area contributed by atoms with Crippen molar-refractivity contribution in [3.05, 3.63) is 18.2 Å². The van der Waals surface area contributed by atoms with Gasteiger partial charge in [0.1, 0.15) is 0 Å². The fourth-order valence-corrected chi connectivity index (χ4v) is 0.887. The van der Waals surface area contributed by atoms with Crippen LogP contribution in [-0.2, 0) is 0 Å². The zero-order valence-electron chi connectivity index (χ0n) is 6.55. The van der Waals surface area contributed by atoms with Crippen molar-refractivity contribution in [1.29, 1.82) is 0 Å². The summed E-state index contributed by atoms with van der Waals surface area (Å²) in [4.78, 5) is 0. The average Bonchev–Trinajstić information content (AvgIpc) is 2.04. The lowest BCUT2D eigenvalue weighted by Gasteiger charge is -2.07. The van der Waals surface area contributed by atoms with Gasteiger partial charge in [0, 0.05) is 0 Å². The Morgan fingerprint density at radius 2 is 1.91 bits per heavy atom. The Labute approximate surface area is 65.7 Å². The lowest BCUT2D eigenvalue weighted by atomic mass is 10.3. The predicted molar refractivity (Wildman–Crippen MR) is 42.3 cm³/mol. The van der Waals surface area contributed by atoms with Crippen LogP contribution in [0.15, 0.2) is 18.2 Å². The fraction of sp³-hybridized carbons (Fsp3) is 0.250. The van der Waals surface area contributed by atoms with Crippen molar-refractivity contribution in [1.82, 2.24) is 5.73 Å². The third kappa shape index (κ3) is 1.37. The molecule has 1 rings (SSSR count). The number of para-hydroxylation sites is 1. The zero-order chi connectivity index (χ0) is 8.27. The van der Waals surface area contributed by atoms with Crippen LogP contribution in [0.3, 0.4) is 0 Å². The molecule has 0 spiro atoms. The molecule has 0 fully saturated rings. The third-order valence-electron chi connectivity index (χ3n) is 1.40. The molecule has 1 aromatic rings. The van der Waals surface area contributed by atoms with Gasteiger partial charge in [0.15, 0.2) is 11.5 Å². The first-order valence-corrected chi connectivity index (χ1v) is 3.22. The molecule has 0 saturated carbocycles. The molecule has 0 amide bonds. The van der Waals surface area contributed by atoms with Crippen LogP contribution in [0, 0.1) is 0 Å². The largest absolute Gasteiger partial charge is 0.493 e. The predicted octanol–water partition coefficient (Wildman–Crippen LogP) is 1.62. The van der Waals surface area contributed by atoms with Crippen molar-refractivity contribution in [2.24, 2.45) is 0 Å². The van der Waals surface area contributed by atoms with Crippen molar-refractivity contribution < 1.29 is 9.47 Å². The van der Waals surface area contributed by atoms with Crippen LogP contribution in [-0.4, -0.2) is 14.2 Å². The number of rotatable bonds is 2. The number of hydrogen-bond acceptors (Lipinski definition) is 2. The molecule has 0 heterocycles. The van der Waals surface area contributed by atoms with Gasteiger partial charge in [-0.25, -0.2) is 0 Å². The van der Waals surface area contributed by atoms with E-state index in [1.807, 2.05) is 0 Å². The van der Waals surface area contributed by atoms with Gasteiger partial charge in [0.2, 0.25) is 0 Å². The Balaban J connectivity index is 3.13. The molecular weight excluding hydrogens is 142 g/mol. The maximum absolute atomic E-state index is 7.41.